The lowest BCUT2D eigenvalue weighted by Gasteiger charge is -2.21. The maximum Gasteiger partial charge on any atom is 0.419 e. The van der Waals surface area contributed by atoms with E-state index in [1.807, 2.05) is 0 Å². The Labute approximate surface area is 112 Å². The van der Waals surface area contributed by atoms with Gasteiger partial charge in [0, 0.05) is 5.69 Å². The molecule has 0 heterocycles. The van der Waals surface area contributed by atoms with E-state index >= 15 is 0 Å². The molecule has 8 heteroatoms. The average molecular weight is 295 g/mol. The molecule has 1 unspecified atom stereocenters. The minimum absolute atomic E-state index is 0.0806. The molecule has 112 valence electrons. The highest BCUT2D eigenvalue weighted by atomic mass is 19.4. The number of nitrogens with one attached hydrogen (secondary N) is 1. The van der Waals surface area contributed by atoms with Gasteiger partial charge >= 0.3 is 12.1 Å². The van der Waals surface area contributed by atoms with Gasteiger partial charge in [-0.3, -0.25) is 0 Å². The number of methoxy groups -OCH3 is 1. The van der Waals surface area contributed by atoms with Gasteiger partial charge in [0.15, 0.2) is 5.60 Å². The summed E-state index contributed by atoms with van der Waals surface area (Å²) < 4.78 is 54.9. The highest BCUT2D eigenvalue weighted by molar-refractivity contribution is 5.79. The number of halogens is 4. The van der Waals surface area contributed by atoms with Crippen molar-refractivity contribution in [2.45, 2.75) is 18.7 Å². The van der Waals surface area contributed by atoms with Crippen molar-refractivity contribution >= 4 is 11.7 Å². The molecule has 0 fully saturated rings. The number of carbonyl (C=O) groups is 1. The van der Waals surface area contributed by atoms with E-state index in [1.165, 1.54) is 0 Å². The second-order valence-corrected chi connectivity index (χ2v) is 4.31. The van der Waals surface area contributed by atoms with Crippen molar-refractivity contribution in [3.8, 4) is 0 Å². The van der Waals surface area contributed by atoms with Crippen LogP contribution in [0.15, 0.2) is 18.2 Å². The van der Waals surface area contributed by atoms with Crippen LogP contribution < -0.4 is 5.32 Å². The van der Waals surface area contributed by atoms with Crippen LogP contribution in [0.5, 0.6) is 0 Å². The number of benzene rings is 1. The third-order valence-corrected chi connectivity index (χ3v) is 2.53. The highest BCUT2D eigenvalue weighted by Crippen LogP contribution is 2.33. The van der Waals surface area contributed by atoms with E-state index in [9.17, 15) is 27.5 Å². The molecular formula is C12H13F4NO3. The van der Waals surface area contributed by atoms with Crippen molar-refractivity contribution in [2.75, 3.05) is 19.0 Å². The van der Waals surface area contributed by atoms with Gasteiger partial charge in [-0.05, 0) is 25.1 Å². The summed E-state index contributed by atoms with van der Waals surface area (Å²) in [6.07, 6.45) is -4.83. The summed E-state index contributed by atoms with van der Waals surface area (Å²) in [5.41, 5.74) is -3.43. The quantitative estimate of drug-likeness (QED) is 0.660. The molecule has 0 aliphatic rings. The van der Waals surface area contributed by atoms with Gasteiger partial charge in [0.25, 0.3) is 0 Å². The molecule has 1 rings (SSSR count). The smallest absolute Gasteiger partial charge is 0.419 e. The molecule has 1 atom stereocenters. The Morgan fingerprint density at radius 2 is 2.00 bits per heavy atom. The number of anilines is 1. The Morgan fingerprint density at radius 3 is 2.50 bits per heavy atom. The molecule has 0 spiro atoms. The molecule has 2 N–H and O–H groups in total. The summed E-state index contributed by atoms with van der Waals surface area (Å²) in [6, 6.07) is 2.28. The van der Waals surface area contributed by atoms with Crippen molar-refractivity contribution in [3.63, 3.8) is 0 Å². The van der Waals surface area contributed by atoms with E-state index in [2.05, 4.69) is 10.1 Å². The van der Waals surface area contributed by atoms with Crippen LogP contribution in [0.1, 0.15) is 12.5 Å². The van der Waals surface area contributed by atoms with Gasteiger partial charge in [-0.1, -0.05) is 0 Å². The number of aliphatic hydroxyl groups is 1. The largest absolute Gasteiger partial charge is 0.467 e. The zero-order valence-electron chi connectivity index (χ0n) is 10.7. The van der Waals surface area contributed by atoms with Gasteiger partial charge in [0.05, 0.1) is 19.2 Å². The summed E-state index contributed by atoms with van der Waals surface area (Å²) in [5, 5.41) is 12.1. The zero-order valence-corrected chi connectivity index (χ0v) is 10.7. The molecule has 0 bridgehead atoms. The van der Waals surface area contributed by atoms with Gasteiger partial charge in [-0.15, -0.1) is 0 Å². The van der Waals surface area contributed by atoms with E-state index in [-0.39, 0.29) is 12.2 Å². The average Bonchev–Trinajstić information content (AvgIpc) is 2.35. The van der Waals surface area contributed by atoms with Crippen LogP contribution in [-0.4, -0.2) is 30.3 Å². The van der Waals surface area contributed by atoms with Crippen LogP contribution in [0.3, 0.4) is 0 Å². The first-order valence-corrected chi connectivity index (χ1v) is 5.49. The molecule has 0 saturated carbocycles. The van der Waals surface area contributed by atoms with E-state index in [4.69, 9.17) is 0 Å². The highest BCUT2D eigenvalue weighted by Gasteiger charge is 2.35. The van der Waals surface area contributed by atoms with Crippen molar-refractivity contribution in [1.29, 1.82) is 0 Å². The number of hydrogen-bond acceptors (Lipinski definition) is 4. The number of rotatable bonds is 4. The molecule has 0 amide bonds. The third kappa shape index (κ3) is 3.83. The second kappa shape index (κ2) is 5.66. The van der Waals surface area contributed by atoms with Crippen LogP contribution >= 0.6 is 0 Å². The first-order valence-electron chi connectivity index (χ1n) is 5.49. The lowest BCUT2D eigenvalue weighted by molar-refractivity contribution is -0.158. The van der Waals surface area contributed by atoms with Crippen LogP contribution in [0, 0.1) is 5.82 Å². The zero-order chi connectivity index (χ0) is 15.6. The standard InChI is InChI=1S/C12H13F4NO3/c1-11(19,10(18)20-2)6-17-7-3-4-9(13)8(5-7)12(14,15)16/h3-5,17,19H,6H2,1-2H3. The maximum atomic E-state index is 13.1. The van der Waals surface area contributed by atoms with Gasteiger partial charge in [-0.2, -0.15) is 13.2 Å². The summed E-state index contributed by atoms with van der Waals surface area (Å²) in [6.45, 7) is 0.753. The summed E-state index contributed by atoms with van der Waals surface area (Å²) in [7, 11) is 1.07. The predicted molar refractivity (Wildman–Crippen MR) is 62.5 cm³/mol. The second-order valence-electron chi connectivity index (χ2n) is 4.31. The molecule has 0 aliphatic heterocycles. The molecule has 1 aromatic carbocycles. The van der Waals surface area contributed by atoms with Crippen molar-refractivity contribution in [2.24, 2.45) is 0 Å². The fourth-order valence-electron chi connectivity index (χ4n) is 1.42. The summed E-state index contributed by atoms with van der Waals surface area (Å²) in [5.74, 6) is -2.34. The Morgan fingerprint density at radius 1 is 1.40 bits per heavy atom. The number of hydrogen-bond donors (Lipinski definition) is 2. The van der Waals surface area contributed by atoms with Crippen LogP contribution in [0.2, 0.25) is 0 Å². The van der Waals surface area contributed by atoms with E-state index in [0.717, 1.165) is 20.1 Å². The lowest BCUT2D eigenvalue weighted by atomic mass is 10.1. The fourth-order valence-corrected chi connectivity index (χ4v) is 1.42. The summed E-state index contributed by atoms with van der Waals surface area (Å²) in [4.78, 5) is 11.2. The third-order valence-electron chi connectivity index (χ3n) is 2.53. The van der Waals surface area contributed by atoms with Crippen molar-refractivity contribution in [1.82, 2.24) is 0 Å². The molecule has 0 saturated heterocycles. The monoisotopic (exact) mass is 295 g/mol. The maximum absolute atomic E-state index is 13.1. The first-order chi connectivity index (χ1) is 9.08. The fraction of sp³-hybridized carbons (Fsp3) is 0.417. The number of carbonyl (C=O) groups excluding carboxylic acids is 1. The van der Waals surface area contributed by atoms with Crippen molar-refractivity contribution in [3.05, 3.63) is 29.6 Å². The lowest BCUT2D eigenvalue weighted by Crippen LogP contribution is -2.42. The van der Waals surface area contributed by atoms with Crippen LogP contribution in [-0.2, 0) is 15.7 Å². The Balaban J connectivity index is 2.88. The molecule has 0 aromatic heterocycles. The van der Waals surface area contributed by atoms with E-state index < -0.39 is 29.1 Å². The molecule has 1 aromatic rings. The normalized spacial score (nSPS) is 14.6. The molecule has 0 radical (unpaired) electrons. The summed E-state index contributed by atoms with van der Waals surface area (Å²) >= 11 is 0. The minimum atomic E-state index is -4.83. The first kappa shape index (κ1) is 16.2. The van der Waals surface area contributed by atoms with Gasteiger partial charge in [0.1, 0.15) is 5.82 Å². The SMILES string of the molecule is COC(=O)C(C)(O)CNc1ccc(F)c(C(F)(F)F)c1. The Kier molecular flexibility index (Phi) is 4.59. The minimum Gasteiger partial charge on any atom is -0.467 e. The molecule has 0 aliphatic carbocycles. The van der Waals surface area contributed by atoms with Crippen LogP contribution in [0.25, 0.3) is 0 Å². The molecule has 4 nitrogen and oxygen atoms in total. The topological polar surface area (TPSA) is 58.6 Å². The number of alkyl halides is 3. The van der Waals surface area contributed by atoms with Gasteiger partial charge in [-0.25, -0.2) is 9.18 Å². The molecule has 20 heavy (non-hydrogen) atoms. The molecular weight excluding hydrogens is 282 g/mol. The van der Waals surface area contributed by atoms with E-state index in [0.29, 0.717) is 12.1 Å². The van der Waals surface area contributed by atoms with Gasteiger partial charge in [0.2, 0.25) is 0 Å². The number of esters is 1. The Bertz CT molecular complexity index is 500. The van der Waals surface area contributed by atoms with Gasteiger partial charge < -0.3 is 15.2 Å². The van der Waals surface area contributed by atoms with Crippen molar-refractivity contribution < 1.29 is 32.2 Å². The Hall–Kier alpha value is -1.83. The van der Waals surface area contributed by atoms with Crippen LogP contribution in [0.4, 0.5) is 23.2 Å². The predicted octanol–water partition coefficient (Wildman–Crippen LogP) is 2.18. The van der Waals surface area contributed by atoms with E-state index in [1.54, 1.807) is 0 Å². The number of ether oxygens (including phenoxy) is 1.